The normalized spacial score (nSPS) is 12.2. The summed E-state index contributed by atoms with van der Waals surface area (Å²) >= 11 is 0. The molecule has 10 heteroatoms. The second-order valence-electron chi connectivity index (χ2n) is 7.97. The van der Waals surface area contributed by atoms with Crippen molar-refractivity contribution in [2.75, 3.05) is 17.5 Å². The van der Waals surface area contributed by atoms with Crippen LogP contribution in [0.3, 0.4) is 0 Å². The average Bonchev–Trinajstić information content (AvgIpc) is 3.23. The van der Waals surface area contributed by atoms with Crippen LogP contribution in [0.4, 0.5) is 5.69 Å². The fourth-order valence-electron chi connectivity index (χ4n) is 3.84. The van der Waals surface area contributed by atoms with Crippen molar-refractivity contribution in [3.8, 4) is 6.07 Å². The van der Waals surface area contributed by atoms with Gasteiger partial charge >= 0.3 is 5.97 Å². The molecule has 0 amide bonds. The molecule has 3 aromatic carbocycles. The minimum atomic E-state index is -4.08. The minimum Gasteiger partial charge on any atom is -0.465 e. The molecular weight excluding hydrogens is 480 g/mol. The van der Waals surface area contributed by atoms with Gasteiger partial charge in [0.1, 0.15) is 18.5 Å². The summed E-state index contributed by atoms with van der Waals surface area (Å²) in [6, 6.07) is 21.2. The van der Waals surface area contributed by atoms with Gasteiger partial charge in [-0.25, -0.2) is 13.4 Å². The molecule has 0 saturated carbocycles. The van der Waals surface area contributed by atoms with Gasteiger partial charge in [-0.3, -0.25) is 9.10 Å². The second kappa shape index (κ2) is 10.2. The molecule has 1 atom stereocenters. The lowest BCUT2D eigenvalue weighted by molar-refractivity contribution is -0.141. The van der Waals surface area contributed by atoms with Crippen molar-refractivity contribution in [1.29, 1.82) is 5.26 Å². The number of imidazole rings is 1. The summed E-state index contributed by atoms with van der Waals surface area (Å²) in [5, 5.41) is 19.9. The summed E-state index contributed by atoms with van der Waals surface area (Å²) in [6.45, 7) is 1.26. The van der Waals surface area contributed by atoms with Crippen molar-refractivity contribution < 1.29 is 23.1 Å². The summed E-state index contributed by atoms with van der Waals surface area (Å²) < 4.78 is 34.6. The number of carbonyl (C=O) groups excluding carboxylic acids is 1. The zero-order valence-corrected chi connectivity index (χ0v) is 20.5. The van der Waals surface area contributed by atoms with Gasteiger partial charge in [0.2, 0.25) is 0 Å². The van der Waals surface area contributed by atoms with E-state index in [9.17, 15) is 18.3 Å². The molecule has 9 nitrogen and oxygen atoms in total. The first kappa shape index (κ1) is 24.9. The highest BCUT2D eigenvalue weighted by Gasteiger charge is 2.28. The van der Waals surface area contributed by atoms with E-state index in [1.165, 1.54) is 12.1 Å². The van der Waals surface area contributed by atoms with E-state index < -0.39 is 28.6 Å². The van der Waals surface area contributed by atoms with E-state index in [-0.39, 0.29) is 17.2 Å². The zero-order valence-electron chi connectivity index (χ0n) is 19.7. The average molecular weight is 505 g/mol. The van der Waals surface area contributed by atoms with E-state index in [1.807, 2.05) is 6.07 Å². The Hall–Kier alpha value is -4.20. The molecule has 1 heterocycles. The van der Waals surface area contributed by atoms with E-state index in [0.717, 1.165) is 4.31 Å². The van der Waals surface area contributed by atoms with E-state index in [4.69, 9.17) is 10.00 Å². The SMILES string of the molecule is CCOC(=O)CN(c1ccc2nc(C(O)c3ccc(C#N)cc3)n(C)c2c1)S(=O)(=O)c1ccccc1. The predicted octanol–water partition coefficient (Wildman–Crippen LogP) is 3.29. The Morgan fingerprint density at radius 1 is 1.14 bits per heavy atom. The summed E-state index contributed by atoms with van der Waals surface area (Å²) in [5.74, 6) is -0.339. The fourth-order valence-corrected chi connectivity index (χ4v) is 5.27. The van der Waals surface area contributed by atoms with Crippen molar-refractivity contribution in [3.63, 3.8) is 0 Å². The molecule has 0 aliphatic heterocycles. The van der Waals surface area contributed by atoms with Crippen LogP contribution in [0.2, 0.25) is 0 Å². The Labute approximate surface area is 208 Å². The Balaban J connectivity index is 1.77. The number of fused-ring (bicyclic) bond motifs is 1. The molecule has 0 aliphatic rings. The van der Waals surface area contributed by atoms with Gasteiger partial charge in [0.05, 0.1) is 39.9 Å². The number of sulfonamides is 1. The lowest BCUT2D eigenvalue weighted by Gasteiger charge is -2.23. The number of rotatable bonds is 8. The Bertz CT molecular complexity index is 1540. The number of aryl methyl sites for hydroxylation is 1. The molecule has 0 fully saturated rings. The number of aromatic nitrogens is 2. The molecule has 0 aliphatic carbocycles. The van der Waals surface area contributed by atoms with E-state index in [0.29, 0.717) is 28.0 Å². The van der Waals surface area contributed by atoms with Gasteiger partial charge in [-0.05, 0) is 55.0 Å². The van der Waals surface area contributed by atoms with Crippen LogP contribution in [0.15, 0.2) is 77.7 Å². The molecular formula is C26H24N4O5S. The van der Waals surface area contributed by atoms with Crippen LogP contribution < -0.4 is 4.31 Å². The number of esters is 1. The van der Waals surface area contributed by atoms with Gasteiger partial charge in [0.15, 0.2) is 0 Å². The molecule has 0 spiro atoms. The lowest BCUT2D eigenvalue weighted by Crippen LogP contribution is -2.36. The van der Waals surface area contributed by atoms with E-state index in [1.54, 1.807) is 79.2 Å². The first-order valence-corrected chi connectivity index (χ1v) is 12.6. The van der Waals surface area contributed by atoms with Crippen LogP contribution in [-0.2, 0) is 26.6 Å². The summed E-state index contributed by atoms with van der Waals surface area (Å²) in [7, 11) is -2.37. The third-order valence-corrected chi connectivity index (χ3v) is 7.48. The monoisotopic (exact) mass is 504 g/mol. The third kappa shape index (κ3) is 4.79. The number of benzene rings is 3. The van der Waals surface area contributed by atoms with Crippen LogP contribution in [0.5, 0.6) is 0 Å². The maximum absolute atomic E-state index is 13.5. The first-order valence-electron chi connectivity index (χ1n) is 11.1. The van der Waals surface area contributed by atoms with Gasteiger partial charge in [-0.2, -0.15) is 5.26 Å². The number of aliphatic hydroxyl groups excluding tert-OH is 1. The van der Waals surface area contributed by atoms with E-state index >= 15 is 0 Å². The molecule has 0 radical (unpaired) electrons. The Morgan fingerprint density at radius 2 is 1.83 bits per heavy atom. The molecule has 4 aromatic rings. The second-order valence-corrected chi connectivity index (χ2v) is 9.83. The number of ether oxygens (including phenoxy) is 1. The highest BCUT2D eigenvalue weighted by Crippen LogP contribution is 2.30. The number of anilines is 1. The van der Waals surface area contributed by atoms with Crippen LogP contribution in [0.25, 0.3) is 11.0 Å². The quantitative estimate of drug-likeness (QED) is 0.365. The van der Waals surface area contributed by atoms with Crippen molar-refractivity contribution >= 4 is 32.7 Å². The Morgan fingerprint density at radius 3 is 2.47 bits per heavy atom. The van der Waals surface area contributed by atoms with Crippen LogP contribution in [-0.4, -0.2) is 42.2 Å². The smallest absolute Gasteiger partial charge is 0.326 e. The molecule has 184 valence electrons. The van der Waals surface area contributed by atoms with Crippen LogP contribution in [0.1, 0.15) is 30.0 Å². The molecule has 4 rings (SSSR count). The van der Waals surface area contributed by atoms with Crippen molar-refractivity contribution in [2.45, 2.75) is 17.9 Å². The largest absolute Gasteiger partial charge is 0.465 e. The molecule has 0 bridgehead atoms. The van der Waals surface area contributed by atoms with E-state index in [2.05, 4.69) is 4.98 Å². The topological polar surface area (TPSA) is 126 Å². The highest BCUT2D eigenvalue weighted by atomic mass is 32.2. The number of hydrogen-bond donors (Lipinski definition) is 1. The molecule has 1 aromatic heterocycles. The van der Waals surface area contributed by atoms with Crippen molar-refractivity contribution in [3.05, 3.63) is 89.7 Å². The van der Waals surface area contributed by atoms with Gasteiger partial charge < -0.3 is 14.4 Å². The summed E-state index contributed by atoms with van der Waals surface area (Å²) in [5.41, 5.74) is 2.39. The molecule has 1 N–H and O–H groups in total. The summed E-state index contributed by atoms with van der Waals surface area (Å²) in [6.07, 6.45) is -1.07. The fraction of sp³-hybridized carbons (Fsp3) is 0.192. The van der Waals surface area contributed by atoms with Crippen LogP contribution in [0, 0.1) is 11.3 Å². The predicted molar refractivity (Wildman–Crippen MR) is 134 cm³/mol. The standard InChI is InChI=1S/C26H24N4O5S/c1-3-35-24(31)17-30(36(33,34)21-7-5-4-6-8-21)20-13-14-22-23(15-20)29(2)26(28-22)25(32)19-11-9-18(16-27)10-12-19/h4-15,25,32H,3,17H2,1-2H3. The third-order valence-electron chi connectivity index (χ3n) is 5.70. The molecule has 1 unspecified atom stereocenters. The maximum atomic E-state index is 13.5. The van der Waals surface area contributed by atoms with Crippen molar-refractivity contribution in [1.82, 2.24) is 9.55 Å². The van der Waals surface area contributed by atoms with Crippen LogP contribution >= 0.6 is 0 Å². The molecule has 36 heavy (non-hydrogen) atoms. The van der Waals surface area contributed by atoms with Gasteiger partial charge in [0.25, 0.3) is 10.0 Å². The first-order chi connectivity index (χ1) is 17.3. The molecule has 0 saturated heterocycles. The number of nitrogens with zero attached hydrogens (tertiary/aromatic N) is 4. The Kier molecular flexibility index (Phi) is 7.05. The van der Waals surface area contributed by atoms with Gasteiger partial charge in [0, 0.05) is 7.05 Å². The zero-order chi connectivity index (χ0) is 25.9. The maximum Gasteiger partial charge on any atom is 0.326 e. The number of carbonyl (C=O) groups is 1. The number of nitriles is 1. The highest BCUT2D eigenvalue weighted by molar-refractivity contribution is 7.92. The summed E-state index contributed by atoms with van der Waals surface area (Å²) in [4.78, 5) is 16.9. The van der Waals surface area contributed by atoms with Crippen molar-refractivity contribution in [2.24, 2.45) is 7.05 Å². The number of aliphatic hydroxyl groups is 1. The minimum absolute atomic E-state index is 0.0383. The van der Waals surface area contributed by atoms with Gasteiger partial charge in [-0.15, -0.1) is 0 Å². The number of hydrogen-bond acceptors (Lipinski definition) is 7. The van der Waals surface area contributed by atoms with Gasteiger partial charge in [-0.1, -0.05) is 30.3 Å². The lowest BCUT2D eigenvalue weighted by atomic mass is 10.1.